The Morgan fingerprint density at radius 1 is 1.16 bits per heavy atom. The van der Waals surface area contributed by atoms with Crippen molar-refractivity contribution in [1.29, 1.82) is 0 Å². The SMILES string of the molecule is CCN(C)c1cc(N(C)C2CCC(N)CC2)ncn1. The Bertz CT molecular complexity index is 401. The van der Waals surface area contributed by atoms with Gasteiger partial charge in [-0.2, -0.15) is 0 Å². The second kappa shape index (κ2) is 6.19. The average molecular weight is 263 g/mol. The highest BCUT2D eigenvalue weighted by Gasteiger charge is 2.23. The monoisotopic (exact) mass is 263 g/mol. The standard InChI is InChI=1S/C14H25N5/c1-4-18(2)13-9-14(17-10-16-13)19(3)12-7-5-11(15)6-8-12/h9-12H,4-8,15H2,1-3H3. The molecule has 106 valence electrons. The summed E-state index contributed by atoms with van der Waals surface area (Å²) in [5.41, 5.74) is 5.97. The molecule has 1 aromatic heterocycles. The summed E-state index contributed by atoms with van der Waals surface area (Å²) in [7, 11) is 4.17. The molecular weight excluding hydrogens is 238 g/mol. The molecule has 5 heteroatoms. The van der Waals surface area contributed by atoms with Gasteiger partial charge in [0.05, 0.1) is 0 Å². The number of hydrogen-bond acceptors (Lipinski definition) is 5. The van der Waals surface area contributed by atoms with Crippen molar-refractivity contribution in [2.75, 3.05) is 30.4 Å². The summed E-state index contributed by atoms with van der Waals surface area (Å²) < 4.78 is 0. The summed E-state index contributed by atoms with van der Waals surface area (Å²) >= 11 is 0. The minimum absolute atomic E-state index is 0.386. The number of nitrogens with zero attached hydrogens (tertiary/aromatic N) is 4. The third-order valence-corrected chi connectivity index (χ3v) is 4.15. The Balaban J connectivity index is 2.08. The van der Waals surface area contributed by atoms with Crippen LogP contribution in [0.4, 0.5) is 11.6 Å². The highest BCUT2D eigenvalue weighted by Crippen LogP contribution is 2.25. The van der Waals surface area contributed by atoms with E-state index in [9.17, 15) is 0 Å². The molecule has 0 aromatic carbocycles. The summed E-state index contributed by atoms with van der Waals surface area (Å²) in [6.45, 7) is 3.06. The lowest BCUT2D eigenvalue weighted by atomic mass is 9.91. The Kier molecular flexibility index (Phi) is 4.58. The van der Waals surface area contributed by atoms with Crippen LogP contribution >= 0.6 is 0 Å². The van der Waals surface area contributed by atoms with Crippen LogP contribution in [0.3, 0.4) is 0 Å². The fraction of sp³-hybridized carbons (Fsp3) is 0.714. The Hall–Kier alpha value is -1.36. The zero-order valence-electron chi connectivity index (χ0n) is 12.2. The van der Waals surface area contributed by atoms with E-state index in [1.807, 2.05) is 7.05 Å². The molecule has 2 rings (SSSR count). The molecule has 0 aliphatic heterocycles. The summed E-state index contributed by atoms with van der Waals surface area (Å²) in [4.78, 5) is 13.1. The molecule has 0 saturated heterocycles. The number of aromatic nitrogens is 2. The minimum atomic E-state index is 0.386. The molecule has 19 heavy (non-hydrogen) atoms. The Labute approximate surface area is 115 Å². The van der Waals surface area contributed by atoms with Crippen LogP contribution in [-0.4, -0.2) is 42.7 Å². The number of anilines is 2. The normalized spacial score (nSPS) is 23.2. The second-order valence-corrected chi connectivity index (χ2v) is 5.43. The summed E-state index contributed by atoms with van der Waals surface area (Å²) in [5, 5.41) is 0. The number of rotatable bonds is 4. The molecule has 0 atom stereocenters. The highest BCUT2D eigenvalue weighted by atomic mass is 15.2. The van der Waals surface area contributed by atoms with E-state index in [1.54, 1.807) is 6.33 Å². The molecule has 1 aliphatic rings. The van der Waals surface area contributed by atoms with Gasteiger partial charge in [0.2, 0.25) is 0 Å². The van der Waals surface area contributed by atoms with E-state index in [4.69, 9.17) is 5.73 Å². The maximum Gasteiger partial charge on any atom is 0.134 e. The molecule has 0 unspecified atom stereocenters. The summed E-state index contributed by atoms with van der Waals surface area (Å²) in [6, 6.07) is 3.00. The van der Waals surface area contributed by atoms with Crippen LogP contribution in [0.5, 0.6) is 0 Å². The molecule has 0 bridgehead atoms. The van der Waals surface area contributed by atoms with E-state index in [2.05, 4.69) is 39.8 Å². The summed E-state index contributed by atoms with van der Waals surface area (Å²) in [6.07, 6.45) is 6.19. The predicted molar refractivity (Wildman–Crippen MR) is 79.6 cm³/mol. The average Bonchev–Trinajstić information content (AvgIpc) is 2.46. The van der Waals surface area contributed by atoms with Gasteiger partial charge in [-0.25, -0.2) is 9.97 Å². The molecule has 2 N–H and O–H groups in total. The lowest BCUT2D eigenvalue weighted by Gasteiger charge is -2.34. The van der Waals surface area contributed by atoms with E-state index in [0.29, 0.717) is 12.1 Å². The second-order valence-electron chi connectivity index (χ2n) is 5.43. The van der Waals surface area contributed by atoms with Crippen LogP contribution in [0, 0.1) is 0 Å². The minimum Gasteiger partial charge on any atom is -0.360 e. The Morgan fingerprint density at radius 2 is 1.79 bits per heavy atom. The van der Waals surface area contributed by atoms with Crippen LogP contribution < -0.4 is 15.5 Å². The van der Waals surface area contributed by atoms with Gasteiger partial charge in [-0.05, 0) is 32.6 Å². The summed E-state index contributed by atoms with van der Waals surface area (Å²) in [5.74, 6) is 1.98. The maximum absolute atomic E-state index is 5.97. The van der Waals surface area contributed by atoms with Crippen LogP contribution in [0.15, 0.2) is 12.4 Å². The first-order valence-corrected chi connectivity index (χ1v) is 7.13. The number of nitrogens with two attached hydrogens (primary N) is 1. The Morgan fingerprint density at radius 3 is 2.42 bits per heavy atom. The van der Waals surface area contributed by atoms with Gasteiger partial charge in [-0.15, -0.1) is 0 Å². The topological polar surface area (TPSA) is 58.3 Å². The lowest BCUT2D eigenvalue weighted by Crippen LogP contribution is -2.39. The molecule has 1 fully saturated rings. The van der Waals surface area contributed by atoms with Crippen molar-refractivity contribution in [2.24, 2.45) is 5.73 Å². The van der Waals surface area contributed by atoms with Crippen LogP contribution in [0.1, 0.15) is 32.6 Å². The highest BCUT2D eigenvalue weighted by molar-refractivity contribution is 5.49. The van der Waals surface area contributed by atoms with E-state index in [0.717, 1.165) is 43.9 Å². The van der Waals surface area contributed by atoms with Crippen molar-refractivity contribution < 1.29 is 0 Å². The van der Waals surface area contributed by atoms with Gasteiger partial charge in [-0.1, -0.05) is 0 Å². The van der Waals surface area contributed by atoms with Crippen LogP contribution in [0.25, 0.3) is 0 Å². The molecular formula is C14H25N5. The van der Waals surface area contributed by atoms with E-state index in [1.165, 1.54) is 0 Å². The molecule has 5 nitrogen and oxygen atoms in total. The van der Waals surface area contributed by atoms with Crippen LogP contribution in [0.2, 0.25) is 0 Å². The van der Waals surface area contributed by atoms with Crippen molar-refractivity contribution in [2.45, 2.75) is 44.7 Å². The number of hydrogen-bond donors (Lipinski definition) is 1. The maximum atomic E-state index is 5.97. The van der Waals surface area contributed by atoms with Crippen molar-refractivity contribution in [3.63, 3.8) is 0 Å². The first-order chi connectivity index (χ1) is 9.11. The zero-order valence-corrected chi connectivity index (χ0v) is 12.2. The quantitative estimate of drug-likeness (QED) is 0.895. The van der Waals surface area contributed by atoms with Crippen molar-refractivity contribution in [1.82, 2.24) is 9.97 Å². The fourth-order valence-corrected chi connectivity index (χ4v) is 2.58. The molecule has 0 spiro atoms. The predicted octanol–water partition coefficient (Wildman–Crippen LogP) is 1.64. The molecule has 1 aliphatic carbocycles. The van der Waals surface area contributed by atoms with Gasteiger partial charge in [0, 0.05) is 38.8 Å². The van der Waals surface area contributed by atoms with Crippen molar-refractivity contribution in [3.05, 3.63) is 12.4 Å². The first-order valence-electron chi connectivity index (χ1n) is 7.13. The third-order valence-electron chi connectivity index (χ3n) is 4.15. The van der Waals surface area contributed by atoms with E-state index >= 15 is 0 Å². The van der Waals surface area contributed by atoms with Gasteiger partial charge >= 0.3 is 0 Å². The van der Waals surface area contributed by atoms with Gasteiger partial charge < -0.3 is 15.5 Å². The largest absolute Gasteiger partial charge is 0.360 e. The smallest absolute Gasteiger partial charge is 0.134 e. The van der Waals surface area contributed by atoms with Gasteiger partial charge in [0.1, 0.15) is 18.0 Å². The van der Waals surface area contributed by atoms with Gasteiger partial charge in [-0.3, -0.25) is 0 Å². The lowest BCUT2D eigenvalue weighted by molar-refractivity contribution is 0.383. The molecule has 0 radical (unpaired) electrons. The third kappa shape index (κ3) is 3.35. The zero-order chi connectivity index (χ0) is 13.8. The van der Waals surface area contributed by atoms with Crippen molar-refractivity contribution in [3.8, 4) is 0 Å². The molecule has 1 heterocycles. The fourth-order valence-electron chi connectivity index (χ4n) is 2.58. The van der Waals surface area contributed by atoms with Gasteiger partial charge in [0.25, 0.3) is 0 Å². The molecule has 1 aromatic rings. The van der Waals surface area contributed by atoms with E-state index in [-0.39, 0.29) is 0 Å². The molecule has 0 amide bonds. The van der Waals surface area contributed by atoms with E-state index < -0.39 is 0 Å². The molecule has 1 saturated carbocycles. The first kappa shape index (κ1) is 14.1. The van der Waals surface area contributed by atoms with Crippen molar-refractivity contribution >= 4 is 11.6 Å². The van der Waals surface area contributed by atoms with Crippen LogP contribution in [-0.2, 0) is 0 Å². The van der Waals surface area contributed by atoms with Gasteiger partial charge in [0.15, 0.2) is 0 Å².